The number of carbonyl (C=O) groups excluding carboxylic acids is 2. The lowest BCUT2D eigenvalue weighted by molar-refractivity contribution is -0.384. The summed E-state index contributed by atoms with van der Waals surface area (Å²) in [6, 6.07) is 13.9. The fraction of sp³-hybridized carbons (Fsp3) is 0.367. The van der Waals surface area contributed by atoms with Gasteiger partial charge in [0.05, 0.1) is 23.0 Å². The number of aryl methyl sites for hydroxylation is 1. The van der Waals surface area contributed by atoms with Crippen molar-refractivity contribution >= 4 is 34.9 Å². The Morgan fingerprint density at radius 3 is 2.65 bits per heavy atom. The number of hydrogen-bond acceptors (Lipinski definition) is 8. The number of nitrogens with two attached hydrogens (primary N) is 1. The molecule has 0 saturated carbocycles. The Hall–Kier alpha value is -5.07. The number of hydrazone groups is 1. The molecule has 1 unspecified atom stereocenters. The molecule has 3 aromatic rings. The SMILES string of the molecule is CC1CC(=O)NN=C1c1ccc(N2CCC(N=C(N)N(CCCc3cnc[nH]3)C(=O)c3ccccc3)CC2)c([N+](=O)[O-])c1. The highest BCUT2D eigenvalue weighted by atomic mass is 16.6. The molecule has 224 valence electrons. The van der Waals surface area contributed by atoms with Gasteiger partial charge >= 0.3 is 0 Å². The number of nitro groups is 1. The Morgan fingerprint density at radius 1 is 1.21 bits per heavy atom. The van der Waals surface area contributed by atoms with Crippen LogP contribution in [0.1, 0.15) is 54.2 Å². The van der Waals surface area contributed by atoms with Crippen LogP contribution in [0.25, 0.3) is 0 Å². The molecule has 43 heavy (non-hydrogen) atoms. The lowest BCUT2D eigenvalue weighted by atomic mass is 9.93. The summed E-state index contributed by atoms with van der Waals surface area (Å²) in [5.74, 6) is -0.356. The van der Waals surface area contributed by atoms with Crippen LogP contribution in [0.5, 0.6) is 0 Å². The summed E-state index contributed by atoms with van der Waals surface area (Å²) in [5.41, 5.74) is 12.2. The first-order valence-corrected chi connectivity index (χ1v) is 14.4. The first kappa shape index (κ1) is 29.4. The van der Waals surface area contributed by atoms with Gasteiger partial charge in [0, 0.05) is 61.1 Å². The molecule has 1 atom stereocenters. The highest BCUT2D eigenvalue weighted by Gasteiger charge is 2.29. The van der Waals surface area contributed by atoms with Crippen molar-refractivity contribution in [3.8, 4) is 0 Å². The Kier molecular flexibility index (Phi) is 9.08. The van der Waals surface area contributed by atoms with Crippen LogP contribution in [0.15, 0.2) is 71.1 Å². The van der Waals surface area contributed by atoms with E-state index < -0.39 is 0 Å². The topological polar surface area (TPSA) is 175 Å². The van der Waals surface area contributed by atoms with Gasteiger partial charge in [-0.25, -0.2) is 15.4 Å². The molecule has 2 aromatic carbocycles. The molecule has 0 radical (unpaired) electrons. The Morgan fingerprint density at radius 2 is 1.98 bits per heavy atom. The van der Waals surface area contributed by atoms with Crippen LogP contribution >= 0.6 is 0 Å². The van der Waals surface area contributed by atoms with Crippen molar-refractivity contribution in [2.24, 2.45) is 21.7 Å². The maximum Gasteiger partial charge on any atom is 0.293 e. The molecule has 0 aliphatic carbocycles. The van der Waals surface area contributed by atoms with Gasteiger partial charge in [-0.2, -0.15) is 5.10 Å². The number of hydrogen-bond donors (Lipinski definition) is 3. The minimum absolute atomic E-state index is 0.0114. The molecule has 1 saturated heterocycles. The van der Waals surface area contributed by atoms with E-state index in [1.807, 2.05) is 36.1 Å². The average Bonchev–Trinajstić information content (AvgIpc) is 3.53. The number of nitrogens with zero attached hydrogens (tertiary/aromatic N) is 6. The number of aliphatic imine (C=N–C) groups is 1. The Balaban J connectivity index is 1.27. The molecule has 1 aromatic heterocycles. The van der Waals surface area contributed by atoms with Gasteiger partial charge in [-0.15, -0.1) is 0 Å². The molecular weight excluding hydrogens is 550 g/mol. The van der Waals surface area contributed by atoms with Gasteiger partial charge in [0.1, 0.15) is 5.69 Å². The molecule has 0 spiro atoms. The lowest BCUT2D eigenvalue weighted by Gasteiger charge is -2.32. The van der Waals surface area contributed by atoms with Crippen molar-refractivity contribution in [1.82, 2.24) is 20.3 Å². The third-order valence-electron chi connectivity index (χ3n) is 7.77. The minimum atomic E-state index is -0.385. The first-order chi connectivity index (χ1) is 20.8. The number of aromatic nitrogens is 2. The molecule has 1 fully saturated rings. The molecule has 2 aliphatic heterocycles. The second kappa shape index (κ2) is 13.3. The van der Waals surface area contributed by atoms with Gasteiger partial charge in [0.15, 0.2) is 5.96 Å². The third-order valence-corrected chi connectivity index (χ3v) is 7.77. The summed E-state index contributed by atoms with van der Waals surface area (Å²) in [4.78, 5) is 52.0. The van der Waals surface area contributed by atoms with Crippen LogP contribution in [0, 0.1) is 16.0 Å². The summed E-state index contributed by atoms with van der Waals surface area (Å²) >= 11 is 0. The maximum atomic E-state index is 13.4. The normalized spacial score (nSPS) is 17.7. The van der Waals surface area contributed by atoms with Crippen molar-refractivity contribution in [1.29, 1.82) is 0 Å². The largest absolute Gasteiger partial charge is 0.369 e. The summed E-state index contributed by atoms with van der Waals surface area (Å²) in [5, 5.41) is 16.2. The standard InChI is InChI=1S/C30H35N9O4/c1-20-16-27(40)35-36-28(20)22-9-10-25(26(17-22)39(42)43)37-14-11-23(12-15-37)34-30(31)38(13-5-8-24-18-32-19-33-24)29(41)21-6-3-2-4-7-21/h2-4,6-7,9-10,17-20,23H,5,8,11-16H2,1H3,(H2,31,34)(H,32,33)(H,35,40). The molecular formula is C30H35N9O4. The quantitative estimate of drug-likeness (QED) is 0.149. The molecule has 5 rings (SSSR count). The first-order valence-electron chi connectivity index (χ1n) is 14.4. The second-order valence-electron chi connectivity index (χ2n) is 10.8. The minimum Gasteiger partial charge on any atom is -0.369 e. The van der Waals surface area contributed by atoms with E-state index >= 15 is 0 Å². The fourth-order valence-electron chi connectivity index (χ4n) is 5.50. The summed E-state index contributed by atoms with van der Waals surface area (Å²) in [6.07, 6.45) is 6.30. The summed E-state index contributed by atoms with van der Waals surface area (Å²) < 4.78 is 0. The van der Waals surface area contributed by atoms with Crippen LogP contribution in [-0.4, -0.2) is 69.0 Å². The number of imidazole rings is 1. The van der Waals surface area contributed by atoms with Crippen molar-refractivity contribution in [3.05, 3.63) is 88.0 Å². The zero-order valence-electron chi connectivity index (χ0n) is 24.0. The van der Waals surface area contributed by atoms with Gasteiger partial charge in [0.25, 0.3) is 11.6 Å². The van der Waals surface area contributed by atoms with Crippen LogP contribution in [0.2, 0.25) is 0 Å². The van der Waals surface area contributed by atoms with E-state index in [0.717, 1.165) is 5.69 Å². The Labute approximate surface area is 249 Å². The number of guanidine groups is 1. The number of benzene rings is 2. The van der Waals surface area contributed by atoms with Gasteiger partial charge in [-0.1, -0.05) is 31.2 Å². The number of H-pyrrole nitrogens is 1. The van der Waals surface area contributed by atoms with E-state index in [1.54, 1.807) is 30.7 Å². The fourth-order valence-corrected chi connectivity index (χ4v) is 5.50. The van der Waals surface area contributed by atoms with E-state index in [1.165, 1.54) is 11.0 Å². The van der Waals surface area contributed by atoms with E-state index in [0.29, 0.717) is 67.8 Å². The molecule has 0 bridgehead atoms. The van der Waals surface area contributed by atoms with E-state index in [-0.39, 0.29) is 46.8 Å². The number of carbonyl (C=O) groups is 2. The third kappa shape index (κ3) is 7.05. The van der Waals surface area contributed by atoms with Crippen molar-refractivity contribution in [2.45, 2.75) is 45.1 Å². The molecule has 2 amide bonds. The molecule has 13 nitrogen and oxygen atoms in total. The average molecular weight is 586 g/mol. The predicted molar refractivity (Wildman–Crippen MR) is 163 cm³/mol. The predicted octanol–water partition coefficient (Wildman–Crippen LogP) is 3.24. The lowest BCUT2D eigenvalue weighted by Crippen LogP contribution is -2.44. The smallest absolute Gasteiger partial charge is 0.293 e. The molecule has 2 aliphatic rings. The second-order valence-corrected chi connectivity index (χ2v) is 10.8. The monoisotopic (exact) mass is 585 g/mol. The molecule has 4 N–H and O–H groups in total. The zero-order chi connectivity index (χ0) is 30.3. The van der Waals surface area contributed by atoms with Gasteiger partial charge in [-0.05, 0) is 43.9 Å². The summed E-state index contributed by atoms with van der Waals surface area (Å²) in [7, 11) is 0. The number of anilines is 1. The van der Waals surface area contributed by atoms with Crippen LogP contribution in [0.3, 0.4) is 0 Å². The Bertz CT molecular complexity index is 1510. The highest BCUT2D eigenvalue weighted by Crippen LogP contribution is 2.33. The van der Waals surface area contributed by atoms with Crippen LogP contribution in [-0.2, 0) is 11.2 Å². The number of nitro benzene ring substituents is 1. The van der Waals surface area contributed by atoms with Crippen molar-refractivity contribution in [3.63, 3.8) is 0 Å². The molecule has 3 heterocycles. The van der Waals surface area contributed by atoms with E-state index in [9.17, 15) is 19.7 Å². The van der Waals surface area contributed by atoms with E-state index in [2.05, 4.69) is 20.5 Å². The van der Waals surface area contributed by atoms with Gasteiger partial charge in [0.2, 0.25) is 5.91 Å². The number of rotatable bonds is 9. The van der Waals surface area contributed by atoms with Gasteiger partial charge < -0.3 is 15.6 Å². The van der Waals surface area contributed by atoms with Crippen LogP contribution in [0.4, 0.5) is 11.4 Å². The highest BCUT2D eigenvalue weighted by molar-refractivity contribution is 6.06. The van der Waals surface area contributed by atoms with Crippen LogP contribution < -0.4 is 16.1 Å². The number of aromatic amines is 1. The number of piperidine rings is 1. The number of nitrogens with one attached hydrogen (secondary N) is 2. The number of amides is 2. The maximum absolute atomic E-state index is 13.4. The molecule has 13 heteroatoms. The van der Waals surface area contributed by atoms with E-state index in [4.69, 9.17) is 10.7 Å². The van der Waals surface area contributed by atoms with Gasteiger partial charge in [-0.3, -0.25) is 24.6 Å². The zero-order valence-corrected chi connectivity index (χ0v) is 24.0. The van der Waals surface area contributed by atoms with Crippen molar-refractivity contribution in [2.75, 3.05) is 24.5 Å². The van der Waals surface area contributed by atoms with Crippen molar-refractivity contribution < 1.29 is 14.5 Å². The summed E-state index contributed by atoms with van der Waals surface area (Å²) in [6.45, 7) is 3.36.